The van der Waals surface area contributed by atoms with Crippen LogP contribution in [0, 0.1) is 0 Å². The highest BCUT2D eigenvalue weighted by Gasteiger charge is 2.57. The summed E-state index contributed by atoms with van der Waals surface area (Å²) in [5, 5.41) is 0. The molecular weight excluding hydrogens is 538 g/mol. The first kappa shape index (κ1) is 31.4. The highest BCUT2D eigenvalue weighted by Crippen LogP contribution is 2.47. The van der Waals surface area contributed by atoms with Gasteiger partial charge in [-0.3, -0.25) is 0 Å². The molecule has 2 aromatic rings. The molecule has 6 nitrogen and oxygen atoms in total. The Labute approximate surface area is 251 Å². The van der Waals surface area contributed by atoms with Gasteiger partial charge in [0.2, 0.25) is 0 Å². The third-order valence-corrected chi connectivity index (χ3v) is 9.63. The lowest BCUT2D eigenvalue weighted by Crippen LogP contribution is -3.00. The van der Waals surface area contributed by atoms with Gasteiger partial charge in [0.25, 0.3) is 5.60 Å². The predicted molar refractivity (Wildman–Crippen MR) is 155 cm³/mol. The minimum Gasteiger partial charge on any atom is -1.00 e. The summed E-state index contributed by atoms with van der Waals surface area (Å²) in [7, 11) is 0. The Kier molecular flexibility index (Phi) is 11.1. The number of carbonyl (C=O) groups is 2. The fourth-order valence-corrected chi connectivity index (χ4v) is 7.64. The van der Waals surface area contributed by atoms with Crippen LogP contribution in [-0.4, -0.2) is 54.5 Å². The molecule has 2 bridgehead atoms. The van der Waals surface area contributed by atoms with E-state index in [2.05, 4.69) is 6.92 Å². The van der Waals surface area contributed by atoms with Gasteiger partial charge in [0, 0.05) is 49.7 Å². The molecule has 2 atom stereocenters. The first-order valence-electron chi connectivity index (χ1n) is 15.6. The molecule has 3 aliphatic rings. The SMILES string of the molecule is CCCCCCCCOC(=O)OC(C(=O)OC1CC2CCC(C1)[N+]21CCCC1)(c1ccccc1)c1ccccc1.[Cl-]. The zero-order valence-electron chi connectivity index (χ0n) is 24.5. The van der Waals surface area contributed by atoms with Crippen molar-refractivity contribution in [2.45, 2.75) is 108 Å². The Bertz CT molecular complexity index is 1050. The molecule has 0 amide bonds. The minimum atomic E-state index is -1.74. The largest absolute Gasteiger partial charge is 1.00 e. The molecule has 1 spiro atoms. The summed E-state index contributed by atoms with van der Waals surface area (Å²) < 4.78 is 19.2. The summed E-state index contributed by atoms with van der Waals surface area (Å²) >= 11 is 0. The summed E-state index contributed by atoms with van der Waals surface area (Å²) in [5.41, 5.74) is -0.619. The van der Waals surface area contributed by atoms with Crippen LogP contribution >= 0.6 is 0 Å². The molecule has 41 heavy (non-hydrogen) atoms. The second-order valence-electron chi connectivity index (χ2n) is 12.0. The van der Waals surface area contributed by atoms with Crippen LogP contribution < -0.4 is 12.4 Å². The Balaban J connectivity index is 0.00000387. The Morgan fingerprint density at radius 3 is 1.90 bits per heavy atom. The molecule has 5 rings (SSSR count). The number of nitrogens with zero attached hydrogens (tertiary/aromatic N) is 1. The second kappa shape index (κ2) is 14.6. The van der Waals surface area contributed by atoms with Gasteiger partial charge in [0.05, 0.1) is 31.8 Å². The fraction of sp³-hybridized carbons (Fsp3) is 0.588. The van der Waals surface area contributed by atoms with Crippen molar-refractivity contribution in [3.63, 3.8) is 0 Å². The molecule has 3 aliphatic heterocycles. The number of ether oxygens (including phenoxy) is 3. The minimum absolute atomic E-state index is 0. The maximum absolute atomic E-state index is 14.3. The highest BCUT2D eigenvalue weighted by molar-refractivity contribution is 5.88. The van der Waals surface area contributed by atoms with Crippen molar-refractivity contribution < 1.29 is 40.7 Å². The number of carbonyl (C=O) groups excluding carboxylic acids is 2. The van der Waals surface area contributed by atoms with Gasteiger partial charge in [-0.15, -0.1) is 0 Å². The lowest BCUT2D eigenvalue weighted by Gasteiger charge is -2.47. The van der Waals surface area contributed by atoms with Gasteiger partial charge in [-0.05, 0) is 6.42 Å². The van der Waals surface area contributed by atoms with Crippen LogP contribution in [-0.2, 0) is 24.6 Å². The monoisotopic (exact) mass is 583 g/mol. The molecule has 0 aliphatic carbocycles. The molecule has 0 radical (unpaired) electrons. The Morgan fingerprint density at radius 2 is 1.34 bits per heavy atom. The maximum Gasteiger partial charge on any atom is 0.510 e. The van der Waals surface area contributed by atoms with Crippen LogP contribution in [0.3, 0.4) is 0 Å². The second-order valence-corrected chi connectivity index (χ2v) is 12.0. The van der Waals surface area contributed by atoms with Gasteiger partial charge >= 0.3 is 12.1 Å². The van der Waals surface area contributed by atoms with Gasteiger partial charge in [-0.1, -0.05) is 99.7 Å². The van der Waals surface area contributed by atoms with Gasteiger partial charge < -0.3 is 31.1 Å². The lowest BCUT2D eigenvalue weighted by molar-refractivity contribution is -0.956. The van der Waals surface area contributed by atoms with E-state index in [1.165, 1.54) is 62.5 Å². The third kappa shape index (κ3) is 6.75. The number of quaternary nitrogens is 1. The lowest BCUT2D eigenvalue weighted by atomic mass is 9.85. The number of rotatable bonds is 12. The van der Waals surface area contributed by atoms with Crippen molar-refractivity contribution in [3.05, 3.63) is 71.8 Å². The van der Waals surface area contributed by atoms with Crippen LogP contribution in [0.4, 0.5) is 4.79 Å². The van der Waals surface area contributed by atoms with E-state index in [1.807, 2.05) is 60.7 Å². The molecule has 3 saturated heterocycles. The number of unbranched alkanes of at least 4 members (excludes halogenated alkanes) is 5. The van der Waals surface area contributed by atoms with E-state index >= 15 is 0 Å². The summed E-state index contributed by atoms with van der Waals surface area (Å²) in [6.45, 7) is 4.99. The smallest absolute Gasteiger partial charge is 0.510 e. The molecule has 0 aromatic heterocycles. The predicted octanol–water partition coefficient (Wildman–Crippen LogP) is 4.30. The Morgan fingerprint density at radius 1 is 0.805 bits per heavy atom. The molecular formula is C34H46ClNO5. The van der Waals surface area contributed by atoms with Crippen molar-refractivity contribution in [1.29, 1.82) is 0 Å². The van der Waals surface area contributed by atoms with Crippen LogP contribution in [0.2, 0.25) is 0 Å². The van der Waals surface area contributed by atoms with E-state index < -0.39 is 17.7 Å². The van der Waals surface area contributed by atoms with E-state index in [1.54, 1.807) is 0 Å². The van der Waals surface area contributed by atoms with E-state index in [0.717, 1.165) is 32.1 Å². The molecule has 2 aromatic carbocycles. The summed E-state index contributed by atoms with van der Waals surface area (Å²) in [5.74, 6) is -0.541. The highest BCUT2D eigenvalue weighted by atomic mass is 35.5. The van der Waals surface area contributed by atoms with Crippen LogP contribution in [0.1, 0.15) is 95.1 Å². The number of benzene rings is 2. The van der Waals surface area contributed by atoms with Gasteiger partial charge in [-0.2, -0.15) is 0 Å². The van der Waals surface area contributed by atoms with Crippen molar-refractivity contribution in [1.82, 2.24) is 0 Å². The molecule has 2 unspecified atom stereocenters. The van der Waals surface area contributed by atoms with Crippen LogP contribution in [0.25, 0.3) is 0 Å². The molecule has 7 heteroatoms. The molecule has 0 saturated carbocycles. The standard InChI is InChI=1S/C34H46NO5.ClH/c1-2-3-4-5-6-15-24-38-33(37)40-34(27-16-9-7-10-17-27,28-18-11-8-12-19-28)32(36)39-31-25-29-20-21-30(26-31)35(29)22-13-14-23-35;/h7-12,16-19,29-31H,2-6,13-15,20-26H2,1H3;1H/q+1;/p-1. The van der Waals surface area contributed by atoms with Crippen molar-refractivity contribution in [2.75, 3.05) is 19.7 Å². The van der Waals surface area contributed by atoms with Gasteiger partial charge in [-0.25, -0.2) is 9.59 Å². The number of piperidine rings is 1. The average Bonchev–Trinajstić information content (AvgIpc) is 3.53. The molecule has 3 fully saturated rings. The first-order chi connectivity index (χ1) is 19.6. The average molecular weight is 584 g/mol. The van der Waals surface area contributed by atoms with Gasteiger partial charge in [0.1, 0.15) is 6.10 Å². The third-order valence-electron chi connectivity index (χ3n) is 9.63. The van der Waals surface area contributed by atoms with Crippen molar-refractivity contribution in [3.8, 4) is 0 Å². The quantitative estimate of drug-likeness (QED) is 0.212. The molecule has 224 valence electrons. The number of halogens is 1. The van der Waals surface area contributed by atoms with E-state index in [-0.39, 0.29) is 25.1 Å². The van der Waals surface area contributed by atoms with Crippen molar-refractivity contribution in [2.24, 2.45) is 0 Å². The van der Waals surface area contributed by atoms with Crippen LogP contribution in [0.15, 0.2) is 60.7 Å². The number of hydrogen-bond acceptors (Lipinski definition) is 5. The normalized spacial score (nSPS) is 22.6. The molecule has 3 heterocycles. The number of hydrogen-bond donors (Lipinski definition) is 0. The van der Waals surface area contributed by atoms with E-state index in [0.29, 0.717) is 23.2 Å². The van der Waals surface area contributed by atoms with Gasteiger partial charge in [0.15, 0.2) is 0 Å². The summed E-state index contributed by atoms with van der Waals surface area (Å²) in [4.78, 5) is 27.5. The van der Waals surface area contributed by atoms with E-state index in [4.69, 9.17) is 14.2 Å². The van der Waals surface area contributed by atoms with Crippen molar-refractivity contribution >= 4 is 12.1 Å². The Hall–Kier alpha value is -2.57. The summed E-state index contributed by atoms with van der Waals surface area (Å²) in [6, 6.07) is 19.6. The zero-order chi connectivity index (χ0) is 27.8. The molecule has 0 N–H and O–H groups in total. The summed E-state index contributed by atoms with van der Waals surface area (Å²) in [6.07, 6.45) is 12.3. The fourth-order valence-electron chi connectivity index (χ4n) is 7.64. The van der Waals surface area contributed by atoms with E-state index in [9.17, 15) is 9.59 Å². The topological polar surface area (TPSA) is 61.8 Å². The number of esters is 1. The maximum atomic E-state index is 14.3. The zero-order valence-corrected chi connectivity index (χ0v) is 25.2. The van der Waals surface area contributed by atoms with Crippen LogP contribution in [0.5, 0.6) is 0 Å². The first-order valence-corrected chi connectivity index (χ1v) is 15.6.